The fraction of sp³-hybridized carbons (Fsp3) is 0.769. The van der Waals surface area contributed by atoms with E-state index in [2.05, 4.69) is 22.1 Å². The normalized spacial score (nSPS) is 18.2. The molecule has 1 aromatic rings. The summed E-state index contributed by atoms with van der Waals surface area (Å²) in [7, 11) is 0. The minimum atomic E-state index is 0. The lowest BCUT2D eigenvalue weighted by Crippen LogP contribution is -2.37. The highest BCUT2D eigenvalue weighted by molar-refractivity contribution is 5.85. The highest BCUT2D eigenvalue weighted by Gasteiger charge is 2.23. The number of nitrogens with zero attached hydrogens (tertiary/aromatic N) is 2. The van der Waals surface area contributed by atoms with Gasteiger partial charge in [0.1, 0.15) is 5.76 Å². The van der Waals surface area contributed by atoms with Crippen LogP contribution in [0.1, 0.15) is 37.1 Å². The van der Waals surface area contributed by atoms with Gasteiger partial charge in [0.2, 0.25) is 5.89 Å². The fourth-order valence-electron chi connectivity index (χ4n) is 2.41. The molecule has 1 N–H and O–H groups in total. The molecule has 1 aliphatic rings. The average Bonchev–Trinajstić information content (AvgIpc) is 2.89. The predicted octanol–water partition coefficient (Wildman–Crippen LogP) is 2.71. The summed E-state index contributed by atoms with van der Waals surface area (Å²) in [5.41, 5.74) is 1.01. The van der Waals surface area contributed by atoms with E-state index in [-0.39, 0.29) is 24.8 Å². The first-order chi connectivity index (χ1) is 8.20. The second-order valence-corrected chi connectivity index (χ2v) is 4.87. The zero-order valence-corrected chi connectivity index (χ0v) is 13.6. The van der Waals surface area contributed by atoms with Crippen LogP contribution in [0.2, 0.25) is 0 Å². The third-order valence-corrected chi connectivity index (χ3v) is 3.47. The van der Waals surface area contributed by atoms with Crippen molar-refractivity contribution in [3.63, 3.8) is 0 Å². The standard InChI is InChI=1S/C13H23N3O.2ClH/c1-4-7-16(12-5-6-14-8-12)9-13-15-10(2)11(3)17-13;;/h12,14H,4-9H2,1-3H3;2*1H. The number of nitrogens with one attached hydrogen (secondary N) is 1. The molecule has 0 amide bonds. The van der Waals surface area contributed by atoms with E-state index in [1.54, 1.807) is 0 Å². The Hall–Kier alpha value is -0.290. The van der Waals surface area contributed by atoms with Crippen molar-refractivity contribution in [1.29, 1.82) is 0 Å². The molecule has 0 aliphatic carbocycles. The number of aryl methyl sites for hydroxylation is 2. The van der Waals surface area contributed by atoms with Crippen LogP contribution < -0.4 is 5.32 Å². The number of hydrogen-bond donors (Lipinski definition) is 1. The minimum absolute atomic E-state index is 0. The first-order valence-corrected chi connectivity index (χ1v) is 6.58. The SMILES string of the molecule is CCCN(Cc1nc(C)c(C)o1)C1CCNC1.Cl.Cl. The van der Waals surface area contributed by atoms with Crippen molar-refractivity contribution in [3.05, 3.63) is 17.3 Å². The van der Waals surface area contributed by atoms with Crippen molar-refractivity contribution in [2.75, 3.05) is 19.6 Å². The lowest BCUT2D eigenvalue weighted by molar-refractivity contribution is 0.180. The van der Waals surface area contributed by atoms with Gasteiger partial charge in [0, 0.05) is 12.6 Å². The number of oxazole rings is 1. The largest absolute Gasteiger partial charge is 0.444 e. The van der Waals surface area contributed by atoms with Gasteiger partial charge in [-0.15, -0.1) is 24.8 Å². The second-order valence-electron chi connectivity index (χ2n) is 4.87. The van der Waals surface area contributed by atoms with E-state index in [1.165, 1.54) is 12.8 Å². The molecule has 0 radical (unpaired) electrons. The van der Waals surface area contributed by atoms with Gasteiger partial charge < -0.3 is 9.73 Å². The Balaban J connectivity index is 0.00000162. The van der Waals surface area contributed by atoms with Crippen LogP contribution in [0.5, 0.6) is 0 Å². The van der Waals surface area contributed by atoms with Gasteiger partial charge in [-0.3, -0.25) is 4.90 Å². The fourth-order valence-corrected chi connectivity index (χ4v) is 2.41. The van der Waals surface area contributed by atoms with Crippen molar-refractivity contribution in [3.8, 4) is 0 Å². The van der Waals surface area contributed by atoms with E-state index in [0.717, 1.165) is 43.5 Å². The Kier molecular flexibility index (Phi) is 8.66. The number of halogens is 2. The lowest BCUT2D eigenvalue weighted by Gasteiger charge is -2.26. The summed E-state index contributed by atoms with van der Waals surface area (Å²) in [6.45, 7) is 10.4. The van der Waals surface area contributed by atoms with Gasteiger partial charge in [0.15, 0.2) is 0 Å². The topological polar surface area (TPSA) is 41.3 Å². The van der Waals surface area contributed by atoms with E-state index in [1.807, 2.05) is 13.8 Å². The van der Waals surface area contributed by atoms with E-state index < -0.39 is 0 Å². The Bertz CT molecular complexity index is 345. The molecular formula is C13H25Cl2N3O. The van der Waals surface area contributed by atoms with Crippen molar-refractivity contribution < 1.29 is 4.42 Å². The maximum atomic E-state index is 5.68. The third kappa shape index (κ3) is 4.95. The van der Waals surface area contributed by atoms with E-state index in [0.29, 0.717) is 6.04 Å². The van der Waals surface area contributed by atoms with Crippen molar-refractivity contribution in [1.82, 2.24) is 15.2 Å². The van der Waals surface area contributed by atoms with Gasteiger partial charge in [-0.1, -0.05) is 6.92 Å². The lowest BCUT2D eigenvalue weighted by atomic mass is 10.2. The van der Waals surface area contributed by atoms with Gasteiger partial charge in [-0.05, 0) is 39.8 Å². The smallest absolute Gasteiger partial charge is 0.208 e. The molecule has 2 heterocycles. The Morgan fingerprint density at radius 2 is 2.11 bits per heavy atom. The monoisotopic (exact) mass is 309 g/mol. The molecule has 4 nitrogen and oxygen atoms in total. The highest BCUT2D eigenvalue weighted by Crippen LogP contribution is 2.15. The van der Waals surface area contributed by atoms with Gasteiger partial charge in [-0.2, -0.15) is 0 Å². The molecule has 2 rings (SSSR count). The molecule has 0 saturated carbocycles. The molecule has 0 aromatic carbocycles. The van der Waals surface area contributed by atoms with Crippen LogP contribution in [0.15, 0.2) is 4.42 Å². The number of aromatic nitrogens is 1. The molecule has 6 heteroatoms. The Morgan fingerprint density at radius 3 is 2.58 bits per heavy atom. The molecule has 0 spiro atoms. The summed E-state index contributed by atoms with van der Waals surface area (Å²) in [4.78, 5) is 6.97. The van der Waals surface area contributed by atoms with Crippen LogP contribution in [0, 0.1) is 13.8 Å². The summed E-state index contributed by atoms with van der Waals surface area (Å²) in [5, 5.41) is 3.42. The van der Waals surface area contributed by atoms with Crippen molar-refractivity contribution >= 4 is 24.8 Å². The molecular weight excluding hydrogens is 285 g/mol. The van der Waals surface area contributed by atoms with Crippen molar-refractivity contribution in [2.24, 2.45) is 0 Å². The zero-order valence-electron chi connectivity index (χ0n) is 11.9. The molecule has 112 valence electrons. The molecule has 19 heavy (non-hydrogen) atoms. The summed E-state index contributed by atoms with van der Waals surface area (Å²) in [6, 6.07) is 0.641. The van der Waals surface area contributed by atoms with Gasteiger partial charge in [-0.25, -0.2) is 4.98 Å². The predicted molar refractivity (Wildman–Crippen MR) is 82.4 cm³/mol. The molecule has 1 saturated heterocycles. The van der Waals surface area contributed by atoms with Gasteiger partial charge in [0.25, 0.3) is 0 Å². The highest BCUT2D eigenvalue weighted by atomic mass is 35.5. The Morgan fingerprint density at radius 1 is 1.37 bits per heavy atom. The second kappa shape index (κ2) is 8.80. The van der Waals surface area contributed by atoms with Crippen LogP contribution in [0.3, 0.4) is 0 Å². The van der Waals surface area contributed by atoms with E-state index >= 15 is 0 Å². The maximum Gasteiger partial charge on any atom is 0.208 e. The minimum Gasteiger partial charge on any atom is -0.444 e. The summed E-state index contributed by atoms with van der Waals surface area (Å²) in [5.74, 6) is 1.81. The molecule has 1 fully saturated rings. The number of rotatable bonds is 5. The quantitative estimate of drug-likeness (QED) is 0.908. The molecule has 1 aromatic heterocycles. The van der Waals surface area contributed by atoms with Crippen molar-refractivity contribution in [2.45, 2.75) is 46.2 Å². The molecule has 1 aliphatic heterocycles. The first-order valence-electron chi connectivity index (χ1n) is 6.58. The number of hydrogen-bond acceptors (Lipinski definition) is 4. The Labute approximate surface area is 128 Å². The van der Waals surface area contributed by atoms with E-state index in [9.17, 15) is 0 Å². The van der Waals surface area contributed by atoms with Crippen LogP contribution in [-0.2, 0) is 6.54 Å². The van der Waals surface area contributed by atoms with Crippen LogP contribution >= 0.6 is 24.8 Å². The van der Waals surface area contributed by atoms with Crippen LogP contribution in [0.4, 0.5) is 0 Å². The summed E-state index contributed by atoms with van der Waals surface area (Å²) in [6.07, 6.45) is 2.41. The molecule has 1 atom stereocenters. The molecule has 1 unspecified atom stereocenters. The summed E-state index contributed by atoms with van der Waals surface area (Å²) < 4.78 is 5.68. The zero-order chi connectivity index (χ0) is 12.3. The first kappa shape index (κ1) is 18.7. The van der Waals surface area contributed by atoms with Gasteiger partial charge >= 0.3 is 0 Å². The van der Waals surface area contributed by atoms with Gasteiger partial charge in [0.05, 0.1) is 12.2 Å². The molecule has 0 bridgehead atoms. The average molecular weight is 310 g/mol. The maximum absolute atomic E-state index is 5.68. The van der Waals surface area contributed by atoms with E-state index in [4.69, 9.17) is 4.42 Å². The third-order valence-electron chi connectivity index (χ3n) is 3.47. The van der Waals surface area contributed by atoms with Crippen LogP contribution in [-0.4, -0.2) is 35.6 Å². The summed E-state index contributed by atoms with van der Waals surface area (Å²) >= 11 is 0. The van der Waals surface area contributed by atoms with Crippen LogP contribution in [0.25, 0.3) is 0 Å².